The third-order valence-corrected chi connectivity index (χ3v) is 5.19. The highest BCUT2D eigenvalue weighted by Crippen LogP contribution is 2.24. The lowest BCUT2D eigenvalue weighted by molar-refractivity contribution is -0.154. The molecule has 1 spiro atoms. The van der Waals surface area contributed by atoms with Gasteiger partial charge in [-0.3, -0.25) is 9.69 Å². The molecular formula is C18H30N4O3. The number of amides is 1. The van der Waals surface area contributed by atoms with E-state index < -0.39 is 5.60 Å². The van der Waals surface area contributed by atoms with Crippen molar-refractivity contribution in [3.05, 3.63) is 17.7 Å². The van der Waals surface area contributed by atoms with Crippen LogP contribution in [0.4, 0.5) is 0 Å². The van der Waals surface area contributed by atoms with Gasteiger partial charge in [-0.2, -0.15) is 0 Å². The van der Waals surface area contributed by atoms with Crippen molar-refractivity contribution in [1.29, 1.82) is 0 Å². The number of morpholine rings is 1. The van der Waals surface area contributed by atoms with Crippen LogP contribution in [-0.2, 0) is 27.9 Å². The molecule has 2 aliphatic rings. The Hall–Kier alpha value is -1.44. The molecule has 2 fully saturated rings. The molecule has 3 rings (SSSR count). The Morgan fingerprint density at radius 2 is 2.12 bits per heavy atom. The normalized spacial score (nSPS) is 25.6. The molecule has 1 amide bonds. The minimum absolute atomic E-state index is 0.00717. The van der Waals surface area contributed by atoms with Crippen LogP contribution in [0.15, 0.2) is 6.20 Å². The average molecular weight is 350 g/mol. The van der Waals surface area contributed by atoms with Crippen molar-refractivity contribution in [3.8, 4) is 0 Å². The predicted octanol–water partition coefficient (Wildman–Crippen LogP) is 0.814. The first-order valence-electron chi connectivity index (χ1n) is 9.10. The van der Waals surface area contributed by atoms with E-state index in [0.717, 1.165) is 25.5 Å². The number of aryl methyl sites for hydroxylation is 1. The fourth-order valence-corrected chi connectivity index (χ4v) is 3.63. The van der Waals surface area contributed by atoms with E-state index in [9.17, 15) is 4.79 Å². The van der Waals surface area contributed by atoms with E-state index in [1.807, 2.05) is 38.9 Å². The smallest absolute Gasteiger partial charge is 0.225 e. The fourth-order valence-electron chi connectivity index (χ4n) is 3.63. The van der Waals surface area contributed by atoms with Gasteiger partial charge in [-0.1, -0.05) is 13.8 Å². The molecule has 0 aliphatic carbocycles. The van der Waals surface area contributed by atoms with Crippen LogP contribution in [0.5, 0.6) is 0 Å². The van der Waals surface area contributed by atoms with Crippen LogP contribution in [0.3, 0.4) is 0 Å². The third kappa shape index (κ3) is 4.04. The Bertz CT molecular complexity index is 615. The van der Waals surface area contributed by atoms with Gasteiger partial charge in [0.2, 0.25) is 5.91 Å². The lowest BCUT2D eigenvalue weighted by Gasteiger charge is -2.43. The lowest BCUT2D eigenvalue weighted by Crippen LogP contribution is -2.59. The van der Waals surface area contributed by atoms with Gasteiger partial charge in [0, 0.05) is 45.3 Å². The van der Waals surface area contributed by atoms with E-state index in [1.54, 1.807) is 0 Å². The molecule has 0 radical (unpaired) electrons. The number of carbonyl (C=O) groups is 1. The lowest BCUT2D eigenvalue weighted by atomic mass is 10.0. The van der Waals surface area contributed by atoms with Gasteiger partial charge in [0.25, 0.3) is 0 Å². The fraction of sp³-hybridized carbons (Fsp3) is 0.778. The molecule has 2 saturated heterocycles. The Kier molecular flexibility index (Phi) is 5.46. The summed E-state index contributed by atoms with van der Waals surface area (Å²) in [5, 5.41) is 0. The molecule has 0 aromatic carbocycles. The number of aromatic nitrogens is 2. The maximum Gasteiger partial charge on any atom is 0.225 e. The molecule has 1 aromatic rings. The first kappa shape index (κ1) is 18.4. The molecule has 7 heteroatoms. The molecule has 140 valence electrons. The Balaban J connectivity index is 1.71. The van der Waals surface area contributed by atoms with Crippen LogP contribution in [0.2, 0.25) is 0 Å². The number of imidazole rings is 1. The number of carbonyl (C=O) groups excluding carboxylic acids is 1. The van der Waals surface area contributed by atoms with Gasteiger partial charge in [0.1, 0.15) is 11.4 Å². The van der Waals surface area contributed by atoms with Crippen molar-refractivity contribution in [2.45, 2.75) is 32.9 Å². The van der Waals surface area contributed by atoms with E-state index in [-0.39, 0.29) is 11.8 Å². The van der Waals surface area contributed by atoms with E-state index in [0.29, 0.717) is 32.9 Å². The van der Waals surface area contributed by atoms with Crippen molar-refractivity contribution >= 4 is 5.91 Å². The molecule has 3 heterocycles. The molecule has 2 aliphatic heterocycles. The molecule has 0 saturated carbocycles. The van der Waals surface area contributed by atoms with Crippen LogP contribution in [0.25, 0.3) is 0 Å². The highest BCUT2D eigenvalue weighted by atomic mass is 16.5. The highest BCUT2D eigenvalue weighted by Gasteiger charge is 2.41. The van der Waals surface area contributed by atoms with E-state index in [1.165, 1.54) is 5.69 Å². The summed E-state index contributed by atoms with van der Waals surface area (Å²) in [6.07, 6.45) is 1.94. The standard InChI is InChI=1S/C18H30N4O3/c1-14(2)17(23)22-6-7-24-13-18(12-22)11-21(5-8-25-18)10-16-9-19-15(3)20(16)4/h9,14H,5-8,10-13H2,1-4H3/t18-/m1/s1. The van der Waals surface area contributed by atoms with Gasteiger partial charge < -0.3 is 18.9 Å². The first-order valence-corrected chi connectivity index (χ1v) is 9.10. The van der Waals surface area contributed by atoms with Crippen molar-refractivity contribution in [2.75, 3.05) is 46.0 Å². The zero-order chi connectivity index (χ0) is 18.0. The van der Waals surface area contributed by atoms with E-state index >= 15 is 0 Å². The Labute approximate surface area is 149 Å². The Morgan fingerprint density at radius 3 is 2.80 bits per heavy atom. The van der Waals surface area contributed by atoms with Crippen molar-refractivity contribution in [3.63, 3.8) is 0 Å². The van der Waals surface area contributed by atoms with Crippen molar-refractivity contribution in [2.24, 2.45) is 13.0 Å². The quantitative estimate of drug-likeness (QED) is 0.808. The topological polar surface area (TPSA) is 59.8 Å². The molecule has 0 N–H and O–H groups in total. The second kappa shape index (κ2) is 7.43. The predicted molar refractivity (Wildman–Crippen MR) is 94.1 cm³/mol. The number of ether oxygens (including phenoxy) is 2. The SMILES string of the molecule is Cc1ncc(CN2CCO[C@]3(COCCN(C(=O)C(C)C)C3)C2)n1C. The summed E-state index contributed by atoms with van der Waals surface area (Å²) >= 11 is 0. The number of hydrogen-bond donors (Lipinski definition) is 0. The first-order chi connectivity index (χ1) is 11.9. The average Bonchev–Trinajstić information content (AvgIpc) is 2.78. The summed E-state index contributed by atoms with van der Waals surface area (Å²) in [4.78, 5) is 21.2. The number of nitrogens with zero attached hydrogens (tertiary/aromatic N) is 4. The van der Waals surface area contributed by atoms with Gasteiger partial charge in [0.15, 0.2) is 0 Å². The number of rotatable bonds is 3. The summed E-state index contributed by atoms with van der Waals surface area (Å²) in [5.74, 6) is 1.18. The summed E-state index contributed by atoms with van der Waals surface area (Å²) in [6, 6.07) is 0. The summed E-state index contributed by atoms with van der Waals surface area (Å²) < 4.78 is 14.1. The number of hydrogen-bond acceptors (Lipinski definition) is 5. The van der Waals surface area contributed by atoms with Gasteiger partial charge >= 0.3 is 0 Å². The van der Waals surface area contributed by atoms with E-state index in [4.69, 9.17) is 9.47 Å². The second-order valence-electron chi connectivity index (χ2n) is 7.56. The van der Waals surface area contributed by atoms with Crippen LogP contribution < -0.4 is 0 Å². The second-order valence-corrected chi connectivity index (χ2v) is 7.56. The molecule has 25 heavy (non-hydrogen) atoms. The minimum atomic E-state index is -0.438. The maximum absolute atomic E-state index is 12.5. The third-order valence-electron chi connectivity index (χ3n) is 5.19. The molecule has 7 nitrogen and oxygen atoms in total. The Morgan fingerprint density at radius 1 is 1.32 bits per heavy atom. The van der Waals surface area contributed by atoms with Crippen LogP contribution in [0, 0.1) is 12.8 Å². The summed E-state index contributed by atoms with van der Waals surface area (Å²) in [5.41, 5.74) is 0.756. The molecule has 1 aromatic heterocycles. The van der Waals surface area contributed by atoms with Crippen LogP contribution in [-0.4, -0.2) is 76.9 Å². The zero-order valence-electron chi connectivity index (χ0n) is 15.8. The van der Waals surface area contributed by atoms with E-state index in [2.05, 4.69) is 14.5 Å². The summed E-state index contributed by atoms with van der Waals surface area (Å²) in [7, 11) is 2.05. The van der Waals surface area contributed by atoms with Gasteiger partial charge in [-0.05, 0) is 6.92 Å². The van der Waals surface area contributed by atoms with Crippen LogP contribution in [0.1, 0.15) is 25.4 Å². The largest absolute Gasteiger partial charge is 0.376 e. The zero-order valence-corrected chi connectivity index (χ0v) is 15.8. The van der Waals surface area contributed by atoms with Crippen molar-refractivity contribution < 1.29 is 14.3 Å². The highest BCUT2D eigenvalue weighted by molar-refractivity contribution is 5.78. The maximum atomic E-state index is 12.5. The molecule has 1 atom stereocenters. The van der Waals surface area contributed by atoms with Gasteiger partial charge in [0.05, 0.1) is 32.1 Å². The molecule has 0 bridgehead atoms. The van der Waals surface area contributed by atoms with Gasteiger partial charge in [-0.15, -0.1) is 0 Å². The van der Waals surface area contributed by atoms with Crippen molar-refractivity contribution in [1.82, 2.24) is 19.4 Å². The summed E-state index contributed by atoms with van der Waals surface area (Å²) in [6.45, 7) is 11.4. The monoisotopic (exact) mass is 350 g/mol. The van der Waals surface area contributed by atoms with Gasteiger partial charge in [-0.25, -0.2) is 4.98 Å². The molecule has 0 unspecified atom stereocenters. The van der Waals surface area contributed by atoms with Crippen LogP contribution >= 0.6 is 0 Å². The minimum Gasteiger partial charge on any atom is -0.376 e. The molecular weight excluding hydrogens is 320 g/mol.